The van der Waals surface area contributed by atoms with Crippen LogP contribution in [0, 0.1) is 5.92 Å². The summed E-state index contributed by atoms with van der Waals surface area (Å²) in [6.45, 7) is 2.59. The summed E-state index contributed by atoms with van der Waals surface area (Å²) >= 11 is 0. The summed E-state index contributed by atoms with van der Waals surface area (Å²) in [6, 6.07) is 4.28. The van der Waals surface area contributed by atoms with Gasteiger partial charge < -0.3 is 24.4 Å². The molecular weight excluding hydrogens is 328 g/mol. The minimum Gasteiger partial charge on any atom is -0.486 e. The summed E-state index contributed by atoms with van der Waals surface area (Å²) in [4.78, 5) is 38.6. The summed E-state index contributed by atoms with van der Waals surface area (Å²) in [7, 11) is 1.44. The summed E-state index contributed by atoms with van der Waals surface area (Å²) in [6.07, 6.45) is 0.0595. The third kappa shape index (κ3) is 3.24. The molecule has 2 heterocycles. The van der Waals surface area contributed by atoms with Crippen LogP contribution in [0.25, 0.3) is 0 Å². The van der Waals surface area contributed by atoms with E-state index < -0.39 is 17.9 Å². The number of hydrogen-bond acceptors (Lipinski definition) is 5. The first kappa shape index (κ1) is 17.1. The molecule has 25 heavy (non-hydrogen) atoms. The topological polar surface area (TPSA) is 96.4 Å². The van der Waals surface area contributed by atoms with Gasteiger partial charge in [-0.3, -0.25) is 9.59 Å². The smallest absolute Gasteiger partial charge is 0.326 e. The number of carbonyl (C=O) groups is 3. The van der Waals surface area contributed by atoms with Crippen molar-refractivity contribution >= 4 is 23.5 Å². The first-order valence-corrected chi connectivity index (χ1v) is 8.08. The number of carboxylic acid groups (broad SMARTS) is 1. The molecule has 2 atom stereocenters. The molecule has 8 heteroatoms. The molecule has 0 spiro atoms. The summed E-state index contributed by atoms with van der Waals surface area (Å²) in [5.41, 5.74) is 0.637. The number of amides is 2. The van der Waals surface area contributed by atoms with Gasteiger partial charge in [-0.15, -0.1) is 0 Å². The quantitative estimate of drug-likeness (QED) is 0.862. The van der Waals surface area contributed by atoms with E-state index in [0.717, 1.165) is 0 Å². The Morgan fingerprint density at radius 2 is 1.96 bits per heavy atom. The second kappa shape index (κ2) is 6.62. The van der Waals surface area contributed by atoms with Gasteiger partial charge in [0.2, 0.25) is 11.8 Å². The Hall–Kier alpha value is -2.77. The molecule has 1 fully saturated rings. The number of carboxylic acids is 1. The van der Waals surface area contributed by atoms with Crippen LogP contribution in [0.5, 0.6) is 11.5 Å². The van der Waals surface area contributed by atoms with Crippen LogP contribution in [0.1, 0.15) is 13.3 Å². The van der Waals surface area contributed by atoms with Gasteiger partial charge in [0.1, 0.15) is 19.3 Å². The van der Waals surface area contributed by atoms with Gasteiger partial charge in [0, 0.05) is 31.8 Å². The Labute approximate surface area is 144 Å². The first-order chi connectivity index (χ1) is 11.9. The Morgan fingerprint density at radius 3 is 2.64 bits per heavy atom. The highest BCUT2D eigenvalue weighted by molar-refractivity contribution is 6.01. The Kier molecular flexibility index (Phi) is 4.52. The van der Waals surface area contributed by atoms with Crippen molar-refractivity contribution in [2.45, 2.75) is 19.4 Å². The molecule has 0 aromatic heterocycles. The maximum Gasteiger partial charge on any atom is 0.326 e. The number of ether oxygens (including phenoxy) is 2. The fourth-order valence-electron chi connectivity index (χ4n) is 2.97. The zero-order valence-corrected chi connectivity index (χ0v) is 14.1. The van der Waals surface area contributed by atoms with Crippen molar-refractivity contribution in [3.63, 3.8) is 0 Å². The van der Waals surface area contributed by atoms with Crippen LogP contribution in [0.15, 0.2) is 18.2 Å². The highest BCUT2D eigenvalue weighted by Crippen LogP contribution is 2.36. The van der Waals surface area contributed by atoms with Crippen LogP contribution in [0.3, 0.4) is 0 Å². The molecule has 0 saturated carbocycles. The predicted molar refractivity (Wildman–Crippen MR) is 87.8 cm³/mol. The molecule has 2 aliphatic heterocycles. The zero-order valence-electron chi connectivity index (χ0n) is 14.1. The second-order valence-corrected chi connectivity index (χ2v) is 6.20. The predicted octanol–water partition coefficient (Wildman–Crippen LogP) is 0.742. The summed E-state index contributed by atoms with van der Waals surface area (Å²) in [5, 5.41) is 9.04. The Bertz CT molecular complexity index is 719. The van der Waals surface area contributed by atoms with Crippen molar-refractivity contribution in [1.29, 1.82) is 0 Å². The molecule has 0 unspecified atom stereocenters. The lowest BCUT2D eigenvalue weighted by Gasteiger charge is -2.25. The summed E-state index contributed by atoms with van der Waals surface area (Å²) < 4.78 is 11.0. The fraction of sp³-hybridized carbons (Fsp3) is 0.471. The maximum atomic E-state index is 12.5. The van der Waals surface area contributed by atoms with Gasteiger partial charge in [-0.05, 0) is 19.1 Å². The SMILES string of the molecule is C[C@@H](C(=O)O)N(C)C(=O)[C@@H]1CC(=O)N(c2ccc3c(c2)OCCO3)C1. The minimum absolute atomic E-state index is 0.0595. The van der Waals surface area contributed by atoms with Crippen LogP contribution < -0.4 is 14.4 Å². The highest BCUT2D eigenvalue weighted by atomic mass is 16.6. The van der Waals surface area contributed by atoms with Gasteiger partial charge in [0.05, 0.1) is 5.92 Å². The normalized spacial score (nSPS) is 20.3. The van der Waals surface area contributed by atoms with E-state index in [-0.39, 0.29) is 24.8 Å². The third-order valence-corrected chi connectivity index (χ3v) is 4.60. The molecule has 0 bridgehead atoms. The number of rotatable bonds is 4. The fourth-order valence-corrected chi connectivity index (χ4v) is 2.97. The van der Waals surface area contributed by atoms with Gasteiger partial charge in [-0.2, -0.15) is 0 Å². The number of hydrogen-bond donors (Lipinski definition) is 1. The van der Waals surface area contributed by atoms with Gasteiger partial charge in [-0.25, -0.2) is 4.79 Å². The van der Waals surface area contributed by atoms with Gasteiger partial charge in [-0.1, -0.05) is 0 Å². The van der Waals surface area contributed by atoms with E-state index in [0.29, 0.717) is 30.4 Å². The zero-order chi connectivity index (χ0) is 18.1. The van der Waals surface area contributed by atoms with E-state index in [4.69, 9.17) is 14.6 Å². The molecule has 0 aliphatic carbocycles. The lowest BCUT2D eigenvalue weighted by Crippen LogP contribution is -2.43. The van der Waals surface area contributed by atoms with Crippen molar-refractivity contribution in [3.8, 4) is 11.5 Å². The van der Waals surface area contributed by atoms with Crippen LogP contribution in [-0.2, 0) is 14.4 Å². The number of carbonyl (C=O) groups excluding carboxylic acids is 2. The van der Waals surface area contributed by atoms with Crippen LogP contribution in [-0.4, -0.2) is 60.6 Å². The van der Waals surface area contributed by atoms with E-state index >= 15 is 0 Å². The summed E-state index contributed by atoms with van der Waals surface area (Å²) in [5.74, 6) is -0.960. The molecule has 1 saturated heterocycles. The van der Waals surface area contributed by atoms with Crippen molar-refractivity contribution in [2.24, 2.45) is 5.92 Å². The average Bonchev–Trinajstić information content (AvgIpc) is 3.01. The van der Waals surface area contributed by atoms with E-state index in [1.807, 2.05) is 0 Å². The van der Waals surface area contributed by atoms with Gasteiger partial charge in [0.25, 0.3) is 0 Å². The average molecular weight is 348 g/mol. The van der Waals surface area contributed by atoms with Crippen LogP contribution in [0.2, 0.25) is 0 Å². The molecule has 8 nitrogen and oxygen atoms in total. The van der Waals surface area contributed by atoms with E-state index in [9.17, 15) is 14.4 Å². The van der Waals surface area contributed by atoms with Crippen molar-refractivity contribution in [1.82, 2.24) is 4.90 Å². The Balaban J connectivity index is 1.74. The number of benzene rings is 1. The minimum atomic E-state index is -1.08. The first-order valence-electron chi connectivity index (χ1n) is 8.08. The number of nitrogens with zero attached hydrogens (tertiary/aromatic N) is 2. The molecule has 1 N–H and O–H groups in total. The Morgan fingerprint density at radius 1 is 1.28 bits per heavy atom. The monoisotopic (exact) mass is 348 g/mol. The molecule has 2 aliphatic rings. The lowest BCUT2D eigenvalue weighted by atomic mass is 10.1. The highest BCUT2D eigenvalue weighted by Gasteiger charge is 2.38. The number of fused-ring (bicyclic) bond motifs is 1. The van der Waals surface area contributed by atoms with Crippen LogP contribution >= 0.6 is 0 Å². The molecule has 1 aromatic carbocycles. The molecule has 3 rings (SSSR count). The van der Waals surface area contributed by atoms with E-state index in [1.54, 1.807) is 18.2 Å². The van der Waals surface area contributed by atoms with Crippen molar-refractivity contribution in [2.75, 3.05) is 31.7 Å². The molecule has 1 aromatic rings. The molecule has 0 radical (unpaired) electrons. The standard InChI is InChI=1S/C17H20N2O6/c1-10(17(22)23)18(2)16(21)11-7-15(20)19(9-11)12-3-4-13-14(8-12)25-6-5-24-13/h3-4,8,10-11H,5-7,9H2,1-2H3,(H,22,23)/t10-,11+/m0/s1. The van der Waals surface area contributed by atoms with Crippen molar-refractivity contribution in [3.05, 3.63) is 18.2 Å². The number of aliphatic carboxylic acids is 1. The number of anilines is 1. The lowest BCUT2D eigenvalue weighted by molar-refractivity contribution is -0.149. The van der Waals surface area contributed by atoms with E-state index in [1.165, 1.54) is 23.8 Å². The molecular formula is C17H20N2O6. The maximum absolute atomic E-state index is 12.5. The molecule has 2 amide bonds. The van der Waals surface area contributed by atoms with Crippen molar-refractivity contribution < 1.29 is 29.0 Å². The molecule has 134 valence electrons. The largest absolute Gasteiger partial charge is 0.486 e. The van der Waals surface area contributed by atoms with Crippen LogP contribution in [0.4, 0.5) is 5.69 Å². The second-order valence-electron chi connectivity index (χ2n) is 6.20. The third-order valence-electron chi connectivity index (χ3n) is 4.60. The number of likely N-dealkylation sites (N-methyl/N-ethyl adjacent to an activating group) is 1. The van der Waals surface area contributed by atoms with Gasteiger partial charge in [0.15, 0.2) is 11.5 Å². The van der Waals surface area contributed by atoms with Gasteiger partial charge >= 0.3 is 5.97 Å². The van der Waals surface area contributed by atoms with E-state index in [2.05, 4.69) is 0 Å².